The standard InChI is InChI=1S/C8H17NO2.C5H4F3N3/c1-6(2)9-4-3-7(10)8(11)5-9;6-5(7,8)3-1-10-2-4(9)11-3/h6-8,10-11H,3-5H2,1-2H3;1-2H,(H2,9,11). The van der Waals surface area contributed by atoms with Crippen LogP contribution in [0.5, 0.6) is 0 Å². The molecule has 0 aromatic carbocycles. The van der Waals surface area contributed by atoms with Gasteiger partial charge in [0.2, 0.25) is 0 Å². The Morgan fingerprint density at radius 1 is 1.27 bits per heavy atom. The zero-order valence-electron chi connectivity index (χ0n) is 12.5. The summed E-state index contributed by atoms with van der Waals surface area (Å²) in [7, 11) is 0. The molecule has 6 nitrogen and oxygen atoms in total. The normalized spacial score (nSPS) is 23.1. The Labute approximate surface area is 126 Å². The monoisotopic (exact) mass is 322 g/mol. The lowest BCUT2D eigenvalue weighted by molar-refractivity contribution is -0.141. The van der Waals surface area contributed by atoms with Crippen molar-refractivity contribution >= 4 is 5.82 Å². The summed E-state index contributed by atoms with van der Waals surface area (Å²) >= 11 is 0. The van der Waals surface area contributed by atoms with Crippen molar-refractivity contribution in [2.45, 2.75) is 44.7 Å². The summed E-state index contributed by atoms with van der Waals surface area (Å²) in [6, 6.07) is 0.470. The summed E-state index contributed by atoms with van der Waals surface area (Å²) in [5, 5.41) is 18.5. The smallest absolute Gasteiger partial charge is 0.390 e. The van der Waals surface area contributed by atoms with E-state index in [4.69, 9.17) is 5.73 Å². The third kappa shape index (κ3) is 5.74. The average molecular weight is 322 g/mol. The van der Waals surface area contributed by atoms with Gasteiger partial charge in [-0.1, -0.05) is 0 Å². The number of aliphatic hydroxyl groups excluding tert-OH is 2. The summed E-state index contributed by atoms with van der Waals surface area (Å²) in [5.41, 5.74) is 3.91. The van der Waals surface area contributed by atoms with E-state index in [1.807, 2.05) is 0 Å². The highest BCUT2D eigenvalue weighted by Gasteiger charge is 2.32. The van der Waals surface area contributed by atoms with E-state index in [2.05, 4.69) is 28.7 Å². The summed E-state index contributed by atoms with van der Waals surface area (Å²) in [6.45, 7) is 5.71. The molecule has 1 saturated heterocycles. The molecular weight excluding hydrogens is 301 g/mol. The molecule has 2 unspecified atom stereocenters. The van der Waals surface area contributed by atoms with Crippen LogP contribution in [0.3, 0.4) is 0 Å². The van der Waals surface area contributed by atoms with E-state index in [0.717, 1.165) is 12.7 Å². The molecule has 1 aliphatic heterocycles. The molecule has 126 valence electrons. The van der Waals surface area contributed by atoms with Crippen LogP contribution in [0.15, 0.2) is 12.4 Å². The van der Waals surface area contributed by atoms with Crippen molar-refractivity contribution in [3.05, 3.63) is 18.1 Å². The molecule has 2 heterocycles. The first-order valence-corrected chi connectivity index (χ1v) is 6.86. The van der Waals surface area contributed by atoms with Gasteiger partial charge >= 0.3 is 6.18 Å². The second-order valence-electron chi connectivity index (χ2n) is 5.34. The highest BCUT2D eigenvalue weighted by Crippen LogP contribution is 2.26. The van der Waals surface area contributed by atoms with Gasteiger partial charge in [0.05, 0.1) is 24.6 Å². The minimum atomic E-state index is -4.47. The molecule has 0 radical (unpaired) electrons. The summed E-state index contributed by atoms with van der Waals surface area (Å²) in [6.07, 6.45) is -3.16. The molecule has 2 rings (SSSR count). The van der Waals surface area contributed by atoms with E-state index >= 15 is 0 Å². The summed E-state index contributed by atoms with van der Waals surface area (Å²) < 4.78 is 35.4. The number of aliphatic hydroxyl groups is 2. The zero-order valence-corrected chi connectivity index (χ0v) is 12.5. The van der Waals surface area contributed by atoms with Crippen LogP contribution >= 0.6 is 0 Å². The van der Waals surface area contributed by atoms with Crippen molar-refractivity contribution in [1.82, 2.24) is 14.9 Å². The van der Waals surface area contributed by atoms with Crippen LogP contribution in [0.2, 0.25) is 0 Å². The van der Waals surface area contributed by atoms with Gasteiger partial charge in [-0.2, -0.15) is 13.2 Å². The van der Waals surface area contributed by atoms with E-state index in [-0.39, 0.29) is 5.82 Å². The Morgan fingerprint density at radius 3 is 2.32 bits per heavy atom. The lowest BCUT2D eigenvalue weighted by Gasteiger charge is -2.35. The molecule has 1 fully saturated rings. The Bertz CT molecular complexity index is 471. The Balaban J connectivity index is 0.000000220. The van der Waals surface area contributed by atoms with Crippen LogP contribution in [-0.2, 0) is 6.18 Å². The molecule has 0 amide bonds. The van der Waals surface area contributed by atoms with Crippen molar-refractivity contribution in [2.75, 3.05) is 18.8 Å². The summed E-state index contributed by atoms with van der Waals surface area (Å²) in [5.74, 6) is -0.236. The first-order chi connectivity index (χ1) is 10.1. The SMILES string of the molecule is CC(C)N1CCC(O)C(O)C1.Nc1cncc(C(F)(F)F)n1. The van der Waals surface area contributed by atoms with Gasteiger partial charge in [-0.15, -0.1) is 0 Å². The molecule has 1 aromatic rings. The van der Waals surface area contributed by atoms with Crippen molar-refractivity contribution in [2.24, 2.45) is 0 Å². The summed E-state index contributed by atoms with van der Waals surface area (Å²) in [4.78, 5) is 8.46. The van der Waals surface area contributed by atoms with E-state index in [0.29, 0.717) is 25.2 Å². The van der Waals surface area contributed by atoms with Crippen molar-refractivity contribution in [3.8, 4) is 0 Å². The van der Waals surface area contributed by atoms with E-state index in [9.17, 15) is 23.4 Å². The maximum atomic E-state index is 11.8. The number of hydrogen-bond acceptors (Lipinski definition) is 6. The number of nitrogen functional groups attached to an aromatic ring is 1. The van der Waals surface area contributed by atoms with Gasteiger partial charge in [-0.3, -0.25) is 9.88 Å². The molecular formula is C13H21F3N4O2. The number of piperidine rings is 1. The topological polar surface area (TPSA) is 95.5 Å². The van der Waals surface area contributed by atoms with Gasteiger partial charge in [-0.05, 0) is 20.3 Å². The van der Waals surface area contributed by atoms with Crippen LogP contribution in [0, 0.1) is 0 Å². The molecule has 4 N–H and O–H groups in total. The quantitative estimate of drug-likeness (QED) is 0.711. The number of hydrogen-bond donors (Lipinski definition) is 3. The minimum absolute atomic E-state index is 0.236. The van der Waals surface area contributed by atoms with Crippen LogP contribution < -0.4 is 5.73 Å². The van der Waals surface area contributed by atoms with Crippen LogP contribution in [0.25, 0.3) is 0 Å². The van der Waals surface area contributed by atoms with E-state index in [1.54, 1.807) is 0 Å². The Kier molecular flexibility index (Phi) is 6.51. The fourth-order valence-corrected chi connectivity index (χ4v) is 1.93. The number of alkyl halides is 3. The fourth-order valence-electron chi connectivity index (χ4n) is 1.93. The van der Waals surface area contributed by atoms with Gasteiger partial charge in [0.15, 0.2) is 5.69 Å². The second-order valence-corrected chi connectivity index (χ2v) is 5.34. The predicted octanol–water partition coefficient (Wildman–Crippen LogP) is 0.900. The van der Waals surface area contributed by atoms with Crippen molar-refractivity contribution < 1.29 is 23.4 Å². The third-order valence-corrected chi connectivity index (χ3v) is 3.25. The number of anilines is 1. The van der Waals surface area contributed by atoms with E-state index < -0.39 is 24.1 Å². The first kappa shape index (κ1) is 18.6. The fraction of sp³-hybridized carbons (Fsp3) is 0.692. The number of likely N-dealkylation sites (tertiary alicyclic amines) is 1. The number of nitrogens with zero attached hydrogens (tertiary/aromatic N) is 3. The Hall–Kier alpha value is -1.45. The number of aromatic nitrogens is 2. The van der Waals surface area contributed by atoms with Gasteiger partial charge in [0.25, 0.3) is 0 Å². The molecule has 0 spiro atoms. The number of nitrogens with two attached hydrogens (primary N) is 1. The van der Waals surface area contributed by atoms with Gasteiger partial charge in [-0.25, -0.2) is 4.98 Å². The highest BCUT2D eigenvalue weighted by molar-refractivity contribution is 5.24. The maximum absolute atomic E-state index is 11.8. The lowest BCUT2D eigenvalue weighted by Crippen LogP contribution is -2.49. The van der Waals surface area contributed by atoms with Gasteiger partial charge in [0.1, 0.15) is 5.82 Å². The van der Waals surface area contributed by atoms with Crippen molar-refractivity contribution in [3.63, 3.8) is 0 Å². The zero-order chi connectivity index (χ0) is 16.9. The largest absolute Gasteiger partial charge is 0.434 e. The third-order valence-electron chi connectivity index (χ3n) is 3.25. The lowest BCUT2D eigenvalue weighted by atomic mass is 10.0. The molecule has 9 heteroatoms. The van der Waals surface area contributed by atoms with Gasteiger partial charge in [0, 0.05) is 19.1 Å². The minimum Gasteiger partial charge on any atom is -0.390 e. The molecule has 1 aromatic heterocycles. The van der Waals surface area contributed by atoms with E-state index in [1.165, 1.54) is 0 Å². The van der Waals surface area contributed by atoms with Crippen LogP contribution in [0.1, 0.15) is 26.0 Å². The predicted molar refractivity (Wildman–Crippen MR) is 74.8 cm³/mol. The van der Waals surface area contributed by atoms with Crippen LogP contribution in [-0.4, -0.2) is 56.4 Å². The molecule has 0 bridgehead atoms. The second kappa shape index (κ2) is 7.70. The maximum Gasteiger partial charge on any atom is 0.434 e. The highest BCUT2D eigenvalue weighted by atomic mass is 19.4. The molecule has 22 heavy (non-hydrogen) atoms. The first-order valence-electron chi connectivity index (χ1n) is 6.86. The number of halogens is 3. The average Bonchev–Trinajstić information content (AvgIpc) is 2.41. The molecule has 0 saturated carbocycles. The van der Waals surface area contributed by atoms with Crippen LogP contribution in [0.4, 0.5) is 19.0 Å². The molecule has 1 aliphatic rings. The van der Waals surface area contributed by atoms with Gasteiger partial charge < -0.3 is 15.9 Å². The number of β-amino-alcohol motifs (C(OH)–C–C–N with tert-alkyl or cyclic N) is 1. The Morgan fingerprint density at radius 2 is 1.91 bits per heavy atom. The molecule has 0 aliphatic carbocycles. The van der Waals surface area contributed by atoms with Crippen molar-refractivity contribution in [1.29, 1.82) is 0 Å². The molecule has 2 atom stereocenters. The number of rotatable bonds is 1.